The van der Waals surface area contributed by atoms with E-state index >= 15 is 0 Å². The number of carbonyl (C=O) groups excluding carboxylic acids is 1. The van der Waals surface area contributed by atoms with Gasteiger partial charge in [0, 0.05) is 0 Å². The molecule has 2 N–H and O–H groups in total. The van der Waals surface area contributed by atoms with Crippen molar-refractivity contribution in [1.82, 2.24) is 0 Å². The average molecular weight is 441 g/mol. The van der Waals surface area contributed by atoms with Crippen LogP contribution in [0.15, 0.2) is 47.1 Å². The van der Waals surface area contributed by atoms with Gasteiger partial charge in [0.1, 0.15) is 23.2 Å². The Kier molecular flexibility index (Phi) is 10.7. The van der Waals surface area contributed by atoms with Gasteiger partial charge >= 0.3 is 5.97 Å². The second kappa shape index (κ2) is 13.5. The van der Waals surface area contributed by atoms with Gasteiger partial charge in [-0.1, -0.05) is 64.0 Å². The Morgan fingerprint density at radius 2 is 1.69 bits per heavy atom. The van der Waals surface area contributed by atoms with Crippen LogP contribution in [0.5, 0.6) is 5.75 Å². The number of nitrogens with zero attached hydrogens (tertiary/aromatic N) is 1. The third kappa shape index (κ3) is 7.05. The summed E-state index contributed by atoms with van der Waals surface area (Å²) in [6.07, 6.45) is 10.0. The minimum Gasteiger partial charge on any atom is -0.494 e. The van der Waals surface area contributed by atoms with Crippen LogP contribution in [-0.2, 0) is 14.3 Å². The predicted molar refractivity (Wildman–Crippen MR) is 125 cm³/mol. The summed E-state index contributed by atoms with van der Waals surface area (Å²) >= 11 is 0. The molecule has 0 spiro atoms. The van der Waals surface area contributed by atoms with E-state index in [2.05, 4.69) is 13.0 Å². The molecule has 2 rings (SSSR count). The molecule has 1 heterocycles. The van der Waals surface area contributed by atoms with Crippen LogP contribution < -0.4 is 10.5 Å². The van der Waals surface area contributed by atoms with E-state index in [-0.39, 0.29) is 18.1 Å². The van der Waals surface area contributed by atoms with Gasteiger partial charge in [0.25, 0.3) is 0 Å². The fourth-order valence-electron chi connectivity index (χ4n) is 3.87. The molecule has 6 heteroatoms. The zero-order valence-electron chi connectivity index (χ0n) is 19.6. The van der Waals surface area contributed by atoms with Crippen molar-refractivity contribution in [2.75, 3.05) is 13.2 Å². The summed E-state index contributed by atoms with van der Waals surface area (Å²) < 4.78 is 16.5. The van der Waals surface area contributed by atoms with Crippen LogP contribution >= 0.6 is 0 Å². The van der Waals surface area contributed by atoms with Gasteiger partial charge in [-0.2, -0.15) is 5.26 Å². The van der Waals surface area contributed by atoms with Gasteiger partial charge in [0.2, 0.25) is 5.88 Å². The summed E-state index contributed by atoms with van der Waals surface area (Å²) in [5.74, 6) is -0.0181. The van der Waals surface area contributed by atoms with Crippen LogP contribution in [-0.4, -0.2) is 19.2 Å². The highest BCUT2D eigenvalue weighted by Crippen LogP contribution is 2.39. The highest BCUT2D eigenvalue weighted by Gasteiger charge is 2.36. The first-order valence-electron chi connectivity index (χ1n) is 11.7. The van der Waals surface area contributed by atoms with Crippen molar-refractivity contribution in [3.63, 3.8) is 0 Å². The van der Waals surface area contributed by atoms with E-state index in [1.165, 1.54) is 44.9 Å². The zero-order chi connectivity index (χ0) is 23.3. The lowest BCUT2D eigenvalue weighted by Crippen LogP contribution is -2.25. The van der Waals surface area contributed by atoms with E-state index in [1.807, 2.05) is 24.3 Å². The average Bonchev–Trinajstić information content (AvgIpc) is 2.78. The first-order chi connectivity index (χ1) is 15.5. The molecule has 0 fully saturated rings. The molecule has 0 aromatic heterocycles. The third-order valence-electron chi connectivity index (χ3n) is 5.58. The van der Waals surface area contributed by atoms with Crippen molar-refractivity contribution in [2.24, 2.45) is 5.73 Å². The minimum atomic E-state index is -0.630. The maximum Gasteiger partial charge on any atom is 0.338 e. The summed E-state index contributed by atoms with van der Waals surface area (Å²) in [5, 5.41) is 9.64. The summed E-state index contributed by atoms with van der Waals surface area (Å²) in [5.41, 5.74) is 7.19. The Morgan fingerprint density at radius 3 is 2.28 bits per heavy atom. The van der Waals surface area contributed by atoms with Crippen LogP contribution in [0.4, 0.5) is 0 Å². The highest BCUT2D eigenvalue weighted by atomic mass is 16.5. The van der Waals surface area contributed by atoms with Crippen molar-refractivity contribution in [3.05, 3.63) is 52.6 Å². The molecule has 32 heavy (non-hydrogen) atoms. The predicted octanol–water partition coefficient (Wildman–Crippen LogP) is 5.85. The SMILES string of the molecule is CCCCCCCCCCOc1ccc(C2C(C#N)=C(N)OC(C)=C2C(=O)OCC)cc1. The molecule has 1 unspecified atom stereocenters. The van der Waals surface area contributed by atoms with Crippen molar-refractivity contribution in [1.29, 1.82) is 5.26 Å². The Hall–Kier alpha value is -2.94. The van der Waals surface area contributed by atoms with Gasteiger partial charge in [-0.15, -0.1) is 0 Å². The van der Waals surface area contributed by atoms with E-state index in [4.69, 9.17) is 19.9 Å². The smallest absolute Gasteiger partial charge is 0.338 e. The van der Waals surface area contributed by atoms with Gasteiger partial charge in [-0.3, -0.25) is 0 Å². The van der Waals surface area contributed by atoms with Crippen LogP contribution in [0.2, 0.25) is 0 Å². The molecule has 0 aliphatic carbocycles. The number of allylic oxidation sites excluding steroid dienone is 2. The Labute approximate surface area is 192 Å². The summed E-state index contributed by atoms with van der Waals surface area (Å²) in [4.78, 5) is 12.6. The van der Waals surface area contributed by atoms with Gasteiger partial charge in [0.15, 0.2) is 0 Å². The molecule has 1 atom stereocenters. The molecular formula is C26H36N2O4. The molecule has 1 aromatic rings. The van der Waals surface area contributed by atoms with E-state index in [9.17, 15) is 10.1 Å². The van der Waals surface area contributed by atoms with Crippen LogP contribution in [0.3, 0.4) is 0 Å². The number of nitrogens with two attached hydrogens (primary N) is 1. The largest absolute Gasteiger partial charge is 0.494 e. The molecule has 0 saturated heterocycles. The number of rotatable bonds is 13. The number of nitriles is 1. The molecule has 1 aliphatic rings. The van der Waals surface area contributed by atoms with Crippen molar-refractivity contribution in [3.8, 4) is 11.8 Å². The van der Waals surface area contributed by atoms with Gasteiger partial charge in [-0.05, 0) is 38.0 Å². The van der Waals surface area contributed by atoms with Crippen LogP contribution in [0, 0.1) is 11.3 Å². The number of hydrogen-bond donors (Lipinski definition) is 1. The number of carbonyl (C=O) groups is 1. The Balaban J connectivity index is 1.98. The molecule has 0 bridgehead atoms. The monoisotopic (exact) mass is 440 g/mol. The first-order valence-corrected chi connectivity index (χ1v) is 11.7. The lowest BCUT2D eigenvalue weighted by atomic mass is 9.83. The lowest BCUT2D eigenvalue weighted by molar-refractivity contribution is -0.139. The van der Waals surface area contributed by atoms with Crippen LogP contribution in [0.1, 0.15) is 83.6 Å². The molecule has 1 aromatic carbocycles. The minimum absolute atomic E-state index is 0.0121. The first kappa shape index (κ1) is 25.3. The van der Waals surface area contributed by atoms with Gasteiger partial charge in [0.05, 0.1) is 24.7 Å². The Bertz CT molecular complexity index is 850. The number of ether oxygens (including phenoxy) is 3. The maximum absolute atomic E-state index is 12.6. The quantitative estimate of drug-likeness (QED) is 0.305. The summed E-state index contributed by atoms with van der Waals surface area (Å²) in [6.45, 7) is 6.53. The van der Waals surface area contributed by atoms with Gasteiger partial charge < -0.3 is 19.9 Å². The van der Waals surface area contributed by atoms with Crippen molar-refractivity contribution < 1.29 is 19.0 Å². The summed E-state index contributed by atoms with van der Waals surface area (Å²) in [7, 11) is 0. The fourth-order valence-corrected chi connectivity index (χ4v) is 3.87. The third-order valence-corrected chi connectivity index (χ3v) is 5.58. The second-order valence-corrected chi connectivity index (χ2v) is 8.01. The van der Waals surface area contributed by atoms with Gasteiger partial charge in [-0.25, -0.2) is 4.79 Å². The number of benzene rings is 1. The Morgan fingerprint density at radius 1 is 1.06 bits per heavy atom. The number of unbranched alkanes of at least 4 members (excludes halogenated alkanes) is 7. The van der Waals surface area contributed by atoms with Crippen molar-refractivity contribution >= 4 is 5.97 Å². The normalized spacial score (nSPS) is 15.9. The molecule has 0 radical (unpaired) electrons. The molecule has 0 amide bonds. The highest BCUT2D eigenvalue weighted by molar-refractivity contribution is 5.92. The molecule has 1 aliphatic heterocycles. The van der Waals surface area contributed by atoms with E-state index in [0.29, 0.717) is 17.9 Å². The van der Waals surface area contributed by atoms with Crippen LogP contribution in [0.25, 0.3) is 0 Å². The maximum atomic E-state index is 12.6. The summed E-state index contributed by atoms with van der Waals surface area (Å²) in [6, 6.07) is 9.53. The lowest BCUT2D eigenvalue weighted by Gasteiger charge is -2.26. The zero-order valence-corrected chi connectivity index (χ0v) is 19.6. The van der Waals surface area contributed by atoms with E-state index in [0.717, 1.165) is 17.7 Å². The standard InChI is InChI=1S/C26H36N2O4/c1-4-6-7-8-9-10-11-12-17-31-21-15-13-20(14-16-21)24-22(18-27)25(28)32-19(3)23(24)26(29)30-5-2/h13-16,24H,4-12,17,28H2,1-3H3. The van der Waals surface area contributed by atoms with Crippen molar-refractivity contribution in [2.45, 2.75) is 78.1 Å². The molecule has 0 saturated carbocycles. The van der Waals surface area contributed by atoms with E-state index < -0.39 is 11.9 Å². The topological polar surface area (TPSA) is 94.6 Å². The molecular weight excluding hydrogens is 404 g/mol. The second-order valence-electron chi connectivity index (χ2n) is 8.01. The number of hydrogen-bond acceptors (Lipinski definition) is 6. The number of esters is 1. The van der Waals surface area contributed by atoms with E-state index in [1.54, 1.807) is 13.8 Å². The fraction of sp³-hybridized carbons (Fsp3) is 0.538. The molecule has 6 nitrogen and oxygen atoms in total. The molecule has 174 valence electrons.